The smallest absolute Gasteiger partial charge is 0.341 e. The second kappa shape index (κ2) is 5.77. The summed E-state index contributed by atoms with van der Waals surface area (Å²) in [6.45, 7) is 0.765. The van der Waals surface area contributed by atoms with Gasteiger partial charge in [-0.25, -0.2) is 4.79 Å². The number of rotatable bonds is 3. The van der Waals surface area contributed by atoms with E-state index >= 15 is 0 Å². The normalized spacial score (nSPS) is 16.3. The Morgan fingerprint density at radius 2 is 2.19 bits per heavy atom. The topological polar surface area (TPSA) is 73.9 Å². The number of hydrogen-bond acceptors (Lipinski definition) is 6. The molecule has 0 spiro atoms. The second-order valence-electron chi connectivity index (χ2n) is 4.71. The first-order valence-corrected chi connectivity index (χ1v) is 7.51. The first kappa shape index (κ1) is 13.9. The highest BCUT2D eigenvalue weighted by Gasteiger charge is 2.29. The molecule has 21 heavy (non-hydrogen) atoms. The van der Waals surface area contributed by atoms with Crippen molar-refractivity contribution in [3.05, 3.63) is 28.0 Å². The Labute approximate surface area is 125 Å². The van der Waals surface area contributed by atoms with Crippen molar-refractivity contribution in [1.82, 2.24) is 0 Å². The van der Waals surface area contributed by atoms with Gasteiger partial charge in [0.1, 0.15) is 24.5 Å². The molecular formula is C14H15NO5S. The molecule has 3 rings (SSSR count). The van der Waals surface area contributed by atoms with Crippen molar-refractivity contribution < 1.29 is 23.8 Å². The molecule has 1 aliphatic heterocycles. The molecule has 0 radical (unpaired) electrons. The van der Waals surface area contributed by atoms with Gasteiger partial charge in [-0.1, -0.05) is 0 Å². The minimum absolute atomic E-state index is 0.116. The van der Waals surface area contributed by atoms with E-state index in [1.807, 2.05) is 0 Å². The van der Waals surface area contributed by atoms with E-state index in [9.17, 15) is 9.59 Å². The average Bonchev–Trinajstić information content (AvgIpc) is 3.07. The number of amides is 1. The molecule has 0 saturated carbocycles. The zero-order chi connectivity index (χ0) is 14.8. The van der Waals surface area contributed by atoms with Crippen molar-refractivity contribution in [1.29, 1.82) is 0 Å². The molecule has 1 N–H and O–H groups in total. The molecule has 6 nitrogen and oxygen atoms in total. The van der Waals surface area contributed by atoms with Gasteiger partial charge in [0.2, 0.25) is 5.76 Å². The lowest BCUT2D eigenvalue weighted by molar-refractivity contribution is -0.117. The second-order valence-corrected chi connectivity index (χ2v) is 5.81. The largest absolute Gasteiger partial charge is 0.494 e. The molecule has 112 valence electrons. The fourth-order valence-electron chi connectivity index (χ4n) is 2.46. The van der Waals surface area contributed by atoms with Crippen LogP contribution in [-0.2, 0) is 31.8 Å². The summed E-state index contributed by atoms with van der Waals surface area (Å²) in [6.07, 6.45) is 4.09. The summed E-state index contributed by atoms with van der Waals surface area (Å²) in [5, 5.41) is 3.25. The predicted molar refractivity (Wildman–Crippen MR) is 76.3 cm³/mol. The Balaban J connectivity index is 1.87. The third-order valence-electron chi connectivity index (χ3n) is 3.41. The van der Waals surface area contributed by atoms with E-state index in [2.05, 4.69) is 5.32 Å². The van der Waals surface area contributed by atoms with Crippen molar-refractivity contribution >= 4 is 28.2 Å². The lowest BCUT2D eigenvalue weighted by Gasteiger charge is -2.15. The van der Waals surface area contributed by atoms with Crippen molar-refractivity contribution in [2.24, 2.45) is 0 Å². The molecule has 0 bridgehead atoms. The van der Waals surface area contributed by atoms with E-state index in [1.165, 1.54) is 24.7 Å². The SMILES string of the molecule is COC(=O)c1c(NC(=O)C2=COCCO2)sc2c1CCC2. The maximum Gasteiger partial charge on any atom is 0.341 e. The molecular weight excluding hydrogens is 294 g/mol. The van der Waals surface area contributed by atoms with Gasteiger partial charge in [-0.05, 0) is 24.8 Å². The third-order valence-corrected chi connectivity index (χ3v) is 4.62. The Bertz CT molecular complexity index is 619. The van der Waals surface area contributed by atoms with Crippen molar-refractivity contribution in [2.75, 3.05) is 25.6 Å². The van der Waals surface area contributed by atoms with E-state index in [-0.39, 0.29) is 5.76 Å². The maximum atomic E-state index is 12.1. The fourth-order valence-corrected chi connectivity index (χ4v) is 3.73. The minimum atomic E-state index is -0.417. The summed E-state index contributed by atoms with van der Waals surface area (Å²) in [4.78, 5) is 25.2. The number of nitrogens with one attached hydrogen (secondary N) is 1. The van der Waals surface area contributed by atoms with Crippen molar-refractivity contribution in [2.45, 2.75) is 19.3 Å². The van der Waals surface area contributed by atoms with E-state index in [0.29, 0.717) is 23.8 Å². The Hall–Kier alpha value is -2.02. The quantitative estimate of drug-likeness (QED) is 0.863. The van der Waals surface area contributed by atoms with Crippen LogP contribution in [0.25, 0.3) is 0 Å². The van der Waals surface area contributed by atoms with Gasteiger partial charge in [-0.3, -0.25) is 4.79 Å². The summed E-state index contributed by atoms with van der Waals surface area (Å²) >= 11 is 1.43. The lowest BCUT2D eigenvalue weighted by Crippen LogP contribution is -2.21. The van der Waals surface area contributed by atoms with Gasteiger partial charge in [0.15, 0.2) is 0 Å². The molecule has 2 aliphatic rings. The molecule has 0 unspecified atom stereocenters. The molecule has 0 fully saturated rings. The van der Waals surface area contributed by atoms with Gasteiger partial charge >= 0.3 is 5.97 Å². The van der Waals surface area contributed by atoms with Crippen LogP contribution in [0.2, 0.25) is 0 Å². The number of anilines is 1. The number of hydrogen-bond donors (Lipinski definition) is 1. The van der Waals surface area contributed by atoms with Gasteiger partial charge in [0, 0.05) is 4.88 Å². The highest BCUT2D eigenvalue weighted by molar-refractivity contribution is 7.17. The Morgan fingerprint density at radius 1 is 1.33 bits per heavy atom. The average molecular weight is 309 g/mol. The highest BCUT2D eigenvalue weighted by atomic mass is 32.1. The number of esters is 1. The van der Waals surface area contributed by atoms with Crippen LogP contribution < -0.4 is 5.32 Å². The van der Waals surface area contributed by atoms with Crippen LogP contribution in [0, 0.1) is 0 Å². The molecule has 1 aromatic heterocycles. The standard InChI is InChI=1S/C14H15NO5S/c1-18-14(17)11-8-3-2-4-10(8)21-13(11)15-12(16)9-7-19-5-6-20-9/h7H,2-6H2,1H3,(H,15,16). The molecule has 7 heteroatoms. The van der Waals surface area contributed by atoms with E-state index in [0.717, 1.165) is 29.7 Å². The number of carbonyl (C=O) groups excluding carboxylic acids is 2. The van der Waals surface area contributed by atoms with Gasteiger partial charge in [-0.15, -0.1) is 11.3 Å². The van der Waals surface area contributed by atoms with E-state index < -0.39 is 11.9 Å². The molecule has 1 aliphatic carbocycles. The fraction of sp³-hybridized carbons (Fsp3) is 0.429. The molecule has 0 atom stereocenters. The predicted octanol–water partition coefficient (Wildman–Crippen LogP) is 1.85. The van der Waals surface area contributed by atoms with Crippen molar-refractivity contribution in [3.8, 4) is 0 Å². The van der Waals surface area contributed by atoms with Gasteiger partial charge < -0.3 is 19.5 Å². The Kier molecular flexibility index (Phi) is 3.83. The van der Waals surface area contributed by atoms with Crippen LogP contribution >= 0.6 is 11.3 Å². The number of methoxy groups -OCH3 is 1. The number of carbonyl (C=O) groups is 2. The number of ether oxygens (including phenoxy) is 3. The summed E-state index contributed by atoms with van der Waals surface area (Å²) in [5.74, 6) is -0.718. The van der Waals surface area contributed by atoms with E-state index in [1.54, 1.807) is 0 Å². The van der Waals surface area contributed by atoms with Crippen LogP contribution in [0.3, 0.4) is 0 Å². The summed E-state index contributed by atoms with van der Waals surface area (Å²) in [6, 6.07) is 0. The summed E-state index contributed by atoms with van der Waals surface area (Å²) in [7, 11) is 1.34. The van der Waals surface area contributed by atoms with Crippen molar-refractivity contribution in [3.63, 3.8) is 0 Å². The molecule has 0 saturated heterocycles. The summed E-state index contributed by atoms with van der Waals surface area (Å²) in [5.41, 5.74) is 1.47. The number of thiophene rings is 1. The molecule has 1 aromatic rings. The monoisotopic (exact) mass is 309 g/mol. The van der Waals surface area contributed by atoms with Gasteiger partial charge in [0.25, 0.3) is 5.91 Å². The summed E-state index contributed by atoms with van der Waals surface area (Å²) < 4.78 is 15.1. The van der Waals surface area contributed by atoms with Gasteiger partial charge in [0.05, 0.1) is 12.7 Å². The highest BCUT2D eigenvalue weighted by Crippen LogP contribution is 2.39. The zero-order valence-electron chi connectivity index (χ0n) is 11.6. The van der Waals surface area contributed by atoms with Crippen LogP contribution in [0.15, 0.2) is 12.0 Å². The first-order chi connectivity index (χ1) is 10.2. The first-order valence-electron chi connectivity index (χ1n) is 6.69. The van der Waals surface area contributed by atoms with Crippen LogP contribution in [-0.4, -0.2) is 32.2 Å². The third kappa shape index (κ3) is 2.61. The maximum absolute atomic E-state index is 12.1. The molecule has 1 amide bonds. The zero-order valence-corrected chi connectivity index (χ0v) is 12.4. The van der Waals surface area contributed by atoms with Crippen LogP contribution in [0.1, 0.15) is 27.2 Å². The molecule has 2 heterocycles. The van der Waals surface area contributed by atoms with Gasteiger partial charge in [-0.2, -0.15) is 0 Å². The van der Waals surface area contributed by atoms with Crippen LogP contribution in [0.4, 0.5) is 5.00 Å². The minimum Gasteiger partial charge on any atom is -0.494 e. The number of fused-ring (bicyclic) bond motifs is 1. The van der Waals surface area contributed by atoms with E-state index in [4.69, 9.17) is 14.2 Å². The molecule has 0 aromatic carbocycles. The Morgan fingerprint density at radius 3 is 2.90 bits per heavy atom. The van der Waals surface area contributed by atoms with Crippen LogP contribution in [0.5, 0.6) is 0 Å². The number of aryl methyl sites for hydroxylation is 1. The lowest BCUT2D eigenvalue weighted by atomic mass is 10.1.